The van der Waals surface area contributed by atoms with Crippen molar-refractivity contribution in [3.63, 3.8) is 0 Å². The maximum atomic E-state index is 14.2. The monoisotopic (exact) mass is 681 g/mol. The minimum atomic E-state index is -4.18. The van der Waals surface area contributed by atoms with Crippen molar-refractivity contribution in [1.82, 2.24) is 29.7 Å². The van der Waals surface area contributed by atoms with Crippen molar-refractivity contribution in [2.75, 3.05) is 32.7 Å². The van der Waals surface area contributed by atoms with Crippen LogP contribution in [0.15, 0.2) is 29.6 Å². The number of nitrogens with zero attached hydrogens (tertiary/aromatic N) is 4. The predicted octanol–water partition coefficient (Wildman–Crippen LogP) is 3.19. The maximum absolute atomic E-state index is 14.2. The molecule has 1 saturated heterocycles. The Bertz CT molecular complexity index is 1450. The molecule has 2 aromatic heterocycles. The van der Waals surface area contributed by atoms with Gasteiger partial charge in [-0.15, -0.1) is 0 Å². The first-order valence-electron chi connectivity index (χ1n) is 15.5. The number of imidazole rings is 1. The number of nitrogen functional groups attached to an aromatic ring is 1. The summed E-state index contributed by atoms with van der Waals surface area (Å²) >= 11 is 0. The molecule has 16 nitrogen and oxygen atoms in total. The molecule has 5 N–H and O–H groups in total. The van der Waals surface area contributed by atoms with Crippen LogP contribution in [0, 0.1) is 5.92 Å². The molecule has 0 spiro atoms. The van der Waals surface area contributed by atoms with Gasteiger partial charge in [0.15, 0.2) is 11.2 Å². The molecule has 0 bridgehead atoms. The highest BCUT2D eigenvalue weighted by molar-refractivity contribution is 7.54. The number of carbonyl (C=O) groups is 2. The smallest absolute Gasteiger partial charge is 0.342 e. The van der Waals surface area contributed by atoms with E-state index in [2.05, 4.69) is 25.1 Å². The van der Waals surface area contributed by atoms with Crippen molar-refractivity contribution in [1.29, 1.82) is 0 Å². The average molecular weight is 682 g/mol. The minimum Gasteiger partial charge on any atom is -0.479 e. The van der Waals surface area contributed by atoms with E-state index in [1.165, 1.54) is 27.3 Å². The molecular weight excluding hydrogens is 633 g/mol. The van der Waals surface area contributed by atoms with Crippen molar-refractivity contribution in [3.8, 4) is 5.88 Å². The summed E-state index contributed by atoms with van der Waals surface area (Å²) in [5.74, 6) is -1.66. The Morgan fingerprint density at radius 1 is 1.09 bits per heavy atom. The Balaban J connectivity index is 1.75. The molecular formula is C30H48N7O9P. The lowest BCUT2D eigenvalue weighted by molar-refractivity contribution is -0.145. The molecule has 2 aromatic rings. The standard InChI is InChI=1S/C30H48N7O9P/c1-9-17(3)11-13-43-28(39)20(6)35-47(41,36-21(7)29(40)44-14-12-18(4)10-2)45-15-22-24(38)19(5)27(46-22)37-16-32-23-25(37)33-30(31)34-26(23)42-8/h9-10,16,19-22,24,27,38H,11-15H2,1-8H3,(H2,31,33,34)(H2,35,36,41)/b17-9-,18-10+/t19-,20-,21-,22+,24-,27+,47?/m0/s1. The Morgan fingerprint density at radius 3 is 2.15 bits per heavy atom. The van der Waals surface area contributed by atoms with Crippen LogP contribution < -0.4 is 20.6 Å². The second-order valence-electron chi connectivity index (χ2n) is 11.5. The van der Waals surface area contributed by atoms with Gasteiger partial charge in [0.2, 0.25) is 11.8 Å². The van der Waals surface area contributed by atoms with Crippen LogP contribution in [0.4, 0.5) is 5.95 Å². The van der Waals surface area contributed by atoms with Crippen molar-refractivity contribution in [2.45, 2.75) is 91.8 Å². The van der Waals surface area contributed by atoms with E-state index in [-0.39, 0.29) is 31.6 Å². The highest BCUT2D eigenvalue weighted by Gasteiger charge is 2.44. The first kappa shape index (κ1) is 38.1. The van der Waals surface area contributed by atoms with Crippen LogP contribution in [0.2, 0.25) is 0 Å². The number of aliphatic hydroxyl groups is 1. The number of fused-ring (bicyclic) bond motifs is 1. The van der Waals surface area contributed by atoms with Crippen molar-refractivity contribution >= 4 is 36.7 Å². The molecule has 1 unspecified atom stereocenters. The van der Waals surface area contributed by atoms with E-state index in [0.29, 0.717) is 24.0 Å². The summed E-state index contributed by atoms with van der Waals surface area (Å²) in [7, 11) is -2.74. The fourth-order valence-electron chi connectivity index (χ4n) is 4.65. The summed E-state index contributed by atoms with van der Waals surface area (Å²) in [6.45, 7) is 12.2. The number of methoxy groups -OCH3 is 1. The molecule has 262 valence electrons. The van der Waals surface area contributed by atoms with Crippen LogP contribution >= 0.6 is 7.67 Å². The van der Waals surface area contributed by atoms with Gasteiger partial charge in [-0.3, -0.25) is 18.7 Å². The first-order valence-corrected chi connectivity index (χ1v) is 17.1. The van der Waals surface area contributed by atoms with E-state index in [0.717, 1.165) is 11.1 Å². The molecule has 1 aliphatic heterocycles. The highest BCUT2D eigenvalue weighted by atomic mass is 31.2. The normalized spacial score (nSPS) is 22.9. The number of esters is 2. The average Bonchev–Trinajstić information content (AvgIpc) is 3.58. The van der Waals surface area contributed by atoms with Crippen molar-refractivity contribution < 1.29 is 42.7 Å². The first-order chi connectivity index (χ1) is 22.2. The largest absolute Gasteiger partial charge is 0.479 e. The molecule has 17 heteroatoms. The second kappa shape index (κ2) is 17.1. The van der Waals surface area contributed by atoms with Crippen LogP contribution in [-0.2, 0) is 32.9 Å². The van der Waals surface area contributed by atoms with Crippen LogP contribution in [-0.4, -0.2) is 87.8 Å². The zero-order valence-electron chi connectivity index (χ0n) is 28.3. The maximum Gasteiger partial charge on any atom is 0.342 e. The molecule has 0 aliphatic carbocycles. The number of carbonyl (C=O) groups excluding carboxylic acids is 2. The third kappa shape index (κ3) is 10.0. The second-order valence-corrected chi connectivity index (χ2v) is 13.4. The van der Waals surface area contributed by atoms with Crippen molar-refractivity contribution in [3.05, 3.63) is 29.6 Å². The molecule has 3 heterocycles. The topological polar surface area (TPSA) is 211 Å². The summed E-state index contributed by atoms with van der Waals surface area (Å²) in [5.41, 5.74) is 8.65. The number of ether oxygens (including phenoxy) is 4. The highest BCUT2D eigenvalue weighted by Crippen LogP contribution is 2.43. The van der Waals surface area contributed by atoms with E-state index in [1.54, 1.807) is 11.5 Å². The molecule has 0 saturated carbocycles. The summed E-state index contributed by atoms with van der Waals surface area (Å²) in [6, 6.07) is -2.17. The zero-order valence-corrected chi connectivity index (χ0v) is 29.2. The Hall–Kier alpha value is -3.40. The quantitative estimate of drug-likeness (QED) is 0.107. The fraction of sp³-hybridized carbons (Fsp3) is 0.633. The van der Waals surface area contributed by atoms with E-state index in [4.69, 9.17) is 29.2 Å². The van der Waals surface area contributed by atoms with Gasteiger partial charge in [-0.25, -0.2) is 15.2 Å². The molecule has 1 aliphatic rings. The number of nitrogens with two attached hydrogens (primary N) is 1. The van der Waals surface area contributed by atoms with E-state index in [9.17, 15) is 19.3 Å². The number of allylic oxidation sites excluding steroid dienone is 2. The Labute approximate surface area is 275 Å². The lowest BCUT2D eigenvalue weighted by Crippen LogP contribution is -2.43. The summed E-state index contributed by atoms with van der Waals surface area (Å²) < 4.78 is 43.7. The van der Waals surface area contributed by atoms with Gasteiger partial charge < -0.3 is 34.3 Å². The van der Waals surface area contributed by atoms with Crippen LogP contribution in [0.5, 0.6) is 5.88 Å². The number of aromatic nitrogens is 4. The van der Waals surface area contributed by atoms with Crippen molar-refractivity contribution in [2.24, 2.45) is 5.92 Å². The zero-order chi connectivity index (χ0) is 34.9. The molecule has 0 amide bonds. The molecule has 47 heavy (non-hydrogen) atoms. The van der Waals surface area contributed by atoms with Crippen LogP contribution in [0.1, 0.15) is 67.5 Å². The molecule has 0 aromatic carbocycles. The molecule has 1 fully saturated rings. The van der Waals surface area contributed by atoms with Gasteiger partial charge in [0.1, 0.15) is 24.4 Å². The lowest BCUT2D eigenvalue weighted by Gasteiger charge is -2.27. The van der Waals surface area contributed by atoms with Gasteiger partial charge in [0, 0.05) is 18.8 Å². The van der Waals surface area contributed by atoms with Gasteiger partial charge in [-0.05, 0) is 41.5 Å². The SMILES string of the molecule is C/C=C(/C)CCOC(=O)[C@H](C)NP(=O)(N[C@@H](C)C(=O)OCC/C(C)=C/C)OC[C@H]1O[C@@H](n2cnc3c(OC)nc(N)nc32)[C@@H](C)[C@@H]1O. The summed E-state index contributed by atoms with van der Waals surface area (Å²) in [4.78, 5) is 38.1. The number of anilines is 1. The Kier molecular flexibility index (Phi) is 13.9. The van der Waals surface area contributed by atoms with E-state index >= 15 is 0 Å². The van der Waals surface area contributed by atoms with E-state index in [1.807, 2.05) is 39.8 Å². The van der Waals surface area contributed by atoms with Gasteiger partial charge >= 0.3 is 19.6 Å². The number of rotatable bonds is 17. The number of aliphatic hydroxyl groups excluding tert-OH is 1. The lowest BCUT2D eigenvalue weighted by atomic mass is 10.0. The number of hydrogen-bond acceptors (Lipinski definition) is 13. The molecule has 3 rings (SSSR count). The van der Waals surface area contributed by atoms with Gasteiger partial charge in [-0.1, -0.05) is 30.2 Å². The summed E-state index contributed by atoms with van der Waals surface area (Å²) in [5, 5.41) is 16.4. The minimum absolute atomic E-state index is 0.0329. The Morgan fingerprint density at radius 2 is 1.64 bits per heavy atom. The third-order valence-electron chi connectivity index (χ3n) is 7.88. The van der Waals surface area contributed by atoms with Crippen LogP contribution in [0.3, 0.4) is 0 Å². The fourth-order valence-corrected chi connectivity index (χ4v) is 6.46. The molecule has 0 radical (unpaired) electrons. The van der Waals surface area contributed by atoms with E-state index < -0.39 is 56.0 Å². The number of hydrogen-bond donors (Lipinski definition) is 4. The number of nitrogens with one attached hydrogen (secondary N) is 2. The predicted molar refractivity (Wildman–Crippen MR) is 174 cm³/mol. The van der Waals surface area contributed by atoms with Gasteiger partial charge in [-0.2, -0.15) is 9.97 Å². The third-order valence-corrected chi connectivity index (χ3v) is 9.85. The molecule has 7 atom stereocenters. The van der Waals surface area contributed by atoms with Gasteiger partial charge in [0.25, 0.3) is 0 Å². The van der Waals surface area contributed by atoms with Gasteiger partial charge in [0.05, 0.1) is 39.4 Å². The van der Waals surface area contributed by atoms with Crippen LogP contribution in [0.25, 0.3) is 11.2 Å². The summed E-state index contributed by atoms with van der Waals surface area (Å²) in [6.07, 6.45) is 3.61.